The van der Waals surface area contributed by atoms with Crippen LogP contribution in [0.3, 0.4) is 0 Å². The molecule has 0 spiro atoms. The first-order valence-corrected chi connectivity index (χ1v) is 5.45. The van der Waals surface area contributed by atoms with Gasteiger partial charge in [-0.05, 0) is 26.3 Å². The molecule has 0 atom stereocenters. The fraction of sp³-hybridized carbons (Fsp3) is 0.462. The maximum atomic E-state index is 5.58. The summed E-state index contributed by atoms with van der Waals surface area (Å²) in [6, 6.07) is 5.61. The summed E-state index contributed by atoms with van der Waals surface area (Å²) in [6.45, 7) is 6.67. The lowest BCUT2D eigenvalue weighted by Gasteiger charge is -2.19. The Kier molecular flexibility index (Phi) is 4.19. The molecular formula is C13H18N2O. The van der Waals surface area contributed by atoms with E-state index in [1.807, 2.05) is 26.0 Å². The summed E-state index contributed by atoms with van der Waals surface area (Å²) in [5, 5.41) is 3.20. The number of pyridine rings is 1. The maximum absolute atomic E-state index is 5.58. The average molecular weight is 218 g/mol. The first kappa shape index (κ1) is 12.4. The van der Waals surface area contributed by atoms with Gasteiger partial charge in [-0.3, -0.25) is 0 Å². The molecule has 0 bridgehead atoms. The van der Waals surface area contributed by atoms with E-state index in [4.69, 9.17) is 11.2 Å². The van der Waals surface area contributed by atoms with E-state index in [0.29, 0.717) is 5.88 Å². The van der Waals surface area contributed by atoms with Crippen molar-refractivity contribution >= 4 is 5.82 Å². The van der Waals surface area contributed by atoms with Crippen molar-refractivity contribution in [1.82, 2.24) is 4.98 Å². The molecule has 0 aliphatic carbocycles. The van der Waals surface area contributed by atoms with Crippen LogP contribution >= 0.6 is 0 Å². The fourth-order valence-corrected chi connectivity index (χ4v) is 1.11. The molecular weight excluding hydrogens is 200 g/mol. The quantitative estimate of drug-likeness (QED) is 0.771. The second-order valence-electron chi connectivity index (χ2n) is 4.04. The number of nitrogens with zero attached hydrogens (tertiary/aromatic N) is 1. The third-order valence-corrected chi connectivity index (χ3v) is 1.99. The summed E-state index contributed by atoms with van der Waals surface area (Å²) in [5.41, 5.74) is -0.629. The molecule has 1 N–H and O–H groups in total. The molecule has 0 aliphatic heterocycles. The highest BCUT2D eigenvalue weighted by Gasteiger charge is 2.16. The van der Waals surface area contributed by atoms with E-state index in [1.165, 1.54) is 0 Å². The van der Waals surface area contributed by atoms with Gasteiger partial charge in [-0.25, -0.2) is 0 Å². The molecule has 0 saturated heterocycles. The number of hydrogen-bond donors (Lipinski definition) is 1. The van der Waals surface area contributed by atoms with E-state index in [9.17, 15) is 0 Å². The van der Waals surface area contributed by atoms with E-state index in [0.717, 1.165) is 18.8 Å². The third-order valence-electron chi connectivity index (χ3n) is 1.99. The smallest absolute Gasteiger partial charge is 0.216 e. The first-order chi connectivity index (χ1) is 7.57. The summed E-state index contributed by atoms with van der Waals surface area (Å²) in [6.07, 6.45) is 6.41. The SMILES string of the molecule is C#CC(C)(C)Oc1cccc(NCCC)n1. The molecule has 86 valence electrons. The predicted molar refractivity (Wildman–Crippen MR) is 66.6 cm³/mol. The van der Waals surface area contributed by atoms with E-state index in [2.05, 4.69) is 23.1 Å². The Hall–Kier alpha value is -1.69. The Labute approximate surface area is 97.2 Å². The number of nitrogens with one attached hydrogen (secondary N) is 1. The Bertz CT molecular complexity index is 380. The molecule has 16 heavy (non-hydrogen) atoms. The van der Waals surface area contributed by atoms with Crippen molar-refractivity contribution in [2.24, 2.45) is 0 Å². The van der Waals surface area contributed by atoms with Crippen LogP contribution in [-0.2, 0) is 0 Å². The van der Waals surface area contributed by atoms with Crippen LogP contribution in [0.15, 0.2) is 18.2 Å². The molecule has 1 aromatic rings. The van der Waals surface area contributed by atoms with Gasteiger partial charge in [0.15, 0.2) is 5.60 Å². The van der Waals surface area contributed by atoms with Gasteiger partial charge in [0, 0.05) is 12.6 Å². The highest BCUT2D eigenvalue weighted by atomic mass is 16.5. The van der Waals surface area contributed by atoms with Crippen molar-refractivity contribution in [3.63, 3.8) is 0 Å². The standard InChI is InChI=1S/C13H18N2O/c1-5-10-14-11-8-7-9-12(15-11)16-13(3,4)6-2/h2,7-9H,5,10H2,1,3-4H3,(H,14,15). The van der Waals surface area contributed by atoms with Crippen LogP contribution in [0.25, 0.3) is 0 Å². The fourth-order valence-electron chi connectivity index (χ4n) is 1.11. The molecule has 3 nitrogen and oxygen atoms in total. The number of aromatic nitrogens is 1. The van der Waals surface area contributed by atoms with Crippen molar-refractivity contribution in [2.45, 2.75) is 32.8 Å². The molecule has 0 amide bonds. The van der Waals surface area contributed by atoms with Crippen LogP contribution in [0.2, 0.25) is 0 Å². The van der Waals surface area contributed by atoms with Gasteiger partial charge in [0.2, 0.25) is 5.88 Å². The highest BCUT2D eigenvalue weighted by Crippen LogP contribution is 2.17. The maximum Gasteiger partial charge on any atom is 0.216 e. The number of ether oxygens (including phenoxy) is 1. The van der Waals surface area contributed by atoms with Gasteiger partial charge in [-0.2, -0.15) is 4.98 Å². The molecule has 0 fully saturated rings. The van der Waals surface area contributed by atoms with Gasteiger partial charge in [0.25, 0.3) is 0 Å². The zero-order chi connectivity index (χ0) is 12.0. The molecule has 3 heteroatoms. The van der Waals surface area contributed by atoms with Gasteiger partial charge >= 0.3 is 0 Å². The number of hydrogen-bond acceptors (Lipinski definition) is 3. The minimum absolute atomic E-state index is 0.545. The molecule has 0 saturated carbocycles. The van der Waals surface area contributed by atoms with Gasteiger partial charge in [0.05, 0.1) is 0 Å². The van der Waals surface area contributed by atoms with Crippen molar-refractivity contribution in [3.8, 4) is 18.2 Å². The summed E-state index contributed by atoms with van der Waals surface area (Å²) in [4.78, 5) is 4.31. The molecule has 1 rings (SSSR count). The van der Waals surface area contributed by atoms with E-state index >= 15 is 0 Å². The normalized spacial score (nSPS) is 10.6. The second-order valence-corrected chi connectivity index (χ2v) is 4.04. The lowest BCUT2D eigenvalue weighted by Crippen LogP contribution is -2.26. The average Bonchev–Trinajstić information content (AvgIpc) is 2.26. The lowest BCUT2D eigenvalue weighted by atomic mass is 10.1. The van der Waals surface area contributed by atoms with Gasteiger partial charge in [0.1, 0.15) is 5.82 Å². The predicted octanol–water partition coefficient (Wildman–Crippen LogP) is 2.69. The van der Waals surface area contributed by atoms with Gasteiger partial charge in [-0.1, -0.05) is 18.9 Å². The van der Waals surface area contributed by atoms with Crippen LogP contribution in [0.1, 0.15) is 27.2 Å². The Balaban J connectivity index is 2.72. The van der Waals surface area contributed by atoms with Crippen molar-refractivity contribution in [3.05, 3.63) is 18.2 Å². The Morgan fingerprint density at radius 2 is 2.25 bits per heavy atom. The van der Waals surface area contributed by atoms with Crippen molar-refractivity contribution < 1.29 is 4.74 Å². The zero-order valence-corrected chi connectivity index (χ0v) is 10.1. The van der Waals surface area contributed by atoms with Crippen LogP contribution < -0.4 is 10.1 Å². The van der Waals surface area contributed by atoms with Crippen molar-refractivity contribution in [2.75, 3.05) is 11.9 Å². The van der Waals surface area contributed by atoms with E-state index < -0.39 is 5.60 Å². The summed E-state index contributed by atoms with van der Waals surface area (Å²) in [7, 11) is 0. The molecule has 0 unspecified atom stereocenters. The molecule has 0 radical (unpaired) electrons. The summed E-state index contributed by atoms with van der Waals surface area (Å²) < 4.78 is 5.58. The zero-order valence-electron chi connectivity index (χ0n) is 10.1. The largest absolute Gasteiger partial charge is 0.458 e. The second kappa shape index (κ2) is 5.41. The van der Waals surface area contributed by atoms with Crippen molar-refractivity contribution in [1.29, 1.82) is 0 Å². The molecule has 1 heterocycles. The third kappa shape index (κ3) is 3.82. The van der Waals surface area contributed by atoms with Crippen LogP contribution in [0.4, 0.5) is 5.82 Å². The summed E-state index contributed by atoms with van der Waals surface area (Å²) >= 11 is 0. The first-order valence-electron chi connectivity index (χ1n) is 5.45. The highest BCUT2D eigenvalue weighted by molar-refractivity contribution is 5.37. The summed E-state index contributed by atoms with van der Waals surface area (Å²) in [5.74, 6) is 3.93. The van der Waals surface area contributed by atoms with Crippen LogP contribution in [0, 0.1) is 12.3 Å². The number of anilines is 1. The van der Waals surface area contributed by atoms with E-state index in [-0.39, 0.29) is 0 Å². The van der Waals surface area contributed by atoms with Gasteiger partial charge < -0.3 is 10.1 Å². The van der Waals surface area contributed by atoms with Crippen LogP contribution in [-0.4, -0.2) is 17.1 Å². The molecule has 1 aromatic heterocycles. The minimum atomic E-state index is -0.629. The lowest BCUT2D eigenvalue weighted by molar-refractivity contribution is 0.165. The van der Waals surface area contributed by atoms with Crippen LogP contribution in [0.5, 0.6) is 5.88 Å². The monoisotopic (exact) mass is 218 g/mol. The van der Waals surface area contributed by atoms with E-state index in [1.54, 1.807) is 6.07 Å². The van der Waals surface area contributed by atoms with Gasteiger partial charge in [-0.15, -0.1) is 6.42 Å². The number of terminal acetylenes is 1. The minimum Gasteiger partial charge on any atom is -0.458 e. The number of rotatable bonds is 5. The Morgan fingerprint density at radius 3 is 2.88 bits per heavy atom. The Morgan fingerprint density at radius 1 is 1.50 bits per heavy atom. The molecule has 0 aliphatic rings. The molecule has 0 aromatic carbocycles. The topological polar surface area (TPSA) is 34.1 Å².